The van der Waals surface area contributed by atoms with Gasteiger partial charge in [0.05, 0.1) is 6.61 Å². The summed E-state index contributed by atoms with van der Waals surface area (Å²) in [6.07, 6.45) is 5.10. The molecule has 2 unspecified atom stereocenters. The Bertz CT molecular complexity index is 795. The van der Waals surface area contributed by atoms with E-state index in [4.69, 9.17) is 9.47 Å². The van der Waals surface area contributed by atoms with Gasteiger partial charge in [0, 0.05) is 0 Å². The number of carbonyl (C=O) groups excluding carboxylic acids is 1. The first-order valence-electron chi connectivity index (χ1n) is 8.56. The smallest absolute Gasteiger partial charge is 0.319 e. The maximum atomic E-state index is 12.6. The molecule has 0 fully saturated rings. The van der Waals surface area contributed by atoms with Crippen molar-refractivity contribution in [3.05, 3.63) is 95.6 Å². The summed E-state index contributed by atoms with van der Waals surface area (Å²) >= 11 is 0. The molecule has 2 atom stereocenters. The SMILES string of the molecule is CC1=CC=CC(C(=O)OCc2ccccc2)C1(O)OCc1ccccc1. The summed E-state index contributed by atoms with van der Waals surface area (Å²) < 4.78 is 11.2. The number of benzene rings is 2. The number of allylic oxidation sites excluding steroid dienone is 2. The predicted molar refractivity (Wildman–Crippen MR) is 98.8 cm³/mol. The molecular formula is C22H22O4. The minimum absolute atomic E-state index is 0.154. The van der Waals surface area contributed by atoms with Crippen LogP contribution in [0.1, 0.15) is 18.1 Å². The Morgan fingerprint density at radius 1 is 1.00 bits per heavy atom. The lowest BCUT2D eigenvalue weighted by Crippen LogP contribution is -2.46. The molecule has 0 spiro atoms. The lowest BCUT2D eigenvalue weighted by molar-refractivity contribution is -0.217. The van der Waals surface area contributed by atoms with E-state index in [2.05, 4.69) is 0 Å². The van der Waals surface area contributed by atoms with Crippen molar-refractivity contribution >= 4 is 5.97 Å². The van der Waals surface area contributed by atoms with Gasteiger partial charge < -0.3 is 14.6 Å². The van der Waals surface area contributed by atoms with Gasteiger partial charge in [-0.3, -0.25) is 4.79 Å². The highest BCUT2D eigenvalue weighted by Crippen LogP contribution is 2.34. The molecule has 1 aliphatic rings. The number of esters is 1. The zero-order valence-electron chi connectivity index (χ0n) is 14.7. The van der Waals surface area contributed by atoms with Crippen LogP contribution >= 0.6 is 0 Å². The summed E-state index contributed by atoms with van der Waals surface area (Å²) in [7, 11) is 0. The number of carbonyl (C=O) groups is 1. The Labute approximate surface area is 153 Å². The lowest BCUT2D eigenvalue weighted by atomic mass is 9.87. The van der Waals surface area contributed by atoms with Crippen LogP contribution in [0.4, 0.5) is 0 Å². The Hall–Kier alpha value is -2.69. The fraction of sp³-hybridized carbons (Fsp3) is 0.227. The van der Waals surface area contributed by atoms with E-state index in [1.807, 2.05) is 60.7 Å². The third-order valence-electron chi connectivity index (χ3n) is 4.42. The van der Waals surface area contributed by atoms with Gasteiger partial charge in [-0.25, -0.2) is 0 Å². The maximum absolute atomic E-state index is 12.6. The first-order valence-corrected chi connectivity index (χ1v) is 8.56. The molecule has 0 saturated carbocycles. The monoisotopic (exact) mass is 350 g/mol. The van der Waals surface area contributed by atoms with Crippen LogP contribution in [0.3, 0.4) is 0 Å². The number of aliphatic hydroxyl groups is 1. The second-order valence-electron chi connectivity index (χ2n) is 6.28. The summed E-state index contributed by atoms with van der Waals surface area (Å²) in [6.45, 7) is 2.09. The lowest BCUT2D eigenvalue weighted by Gasteiger charge is -2.35. The van der Waals surface area contributed by atoms with Gasteiger partial charge in [-0.2, -0.15) is 0 Å². The van der Waals surface area contributed by atoms with Gasteiger partial charge in [-0.05, 0) is 23.6 Å². The van der Waals surface area contributed by atoms with Gasteiger partial charge in [0.2, 0.25) is 5.79 Å². The van der Waals surface area contributed by atoms with Crippen LogP contribution in [-0.4, -0.2) is 16.9 Å². The fourth-order valence-electron chi connectivity index (χ4n) is 2.83. The summed E-state index contributed by atoms with van der Waals surface area (Å²) in [4.78, 5) is 12.6. The normalized spacial score (nSPS) is 21.9. The van der Waals surface area contributed by atoms with Gasteiger partial charge in [-0.1, -0.05) is 78.9 Å². The van der Waals surface area contributed by atoms with Crippen LogP contribution in [0.25, 0.3) is 0 Å². The topological polar surface area (TPSA) is 55.8 Å². The molecule has 0 amide bonds. The number of ether oxygens (including phenoxy) is 2. The molecule has 1 N–H and O–H groups in total. The van der Waals surface area contributed by atoms with Crippen LogP contribution < -0.4 is 0 Å². The summed E-state index contributed by atoms with van der Waals surface area (Å²) in [6, 6.07) is 19.0. The van der Waals surface area contributed by atoms with Crippen molar-refractivity contribution in [2.75, 3.05) is 0 Å². The van der Waals surface area contributed by atoms with E-state index < -0.39 is 17.7 Å². The highest BCUT2D eigenvalue weighted by molar-refractivity contribution is 5.77. The van der Waals surface area contributed by atoms with Crippen LogP contribution in [0.2, 0.25) is 0 Å². The molecule has 0 saturated heterocycles. The van der Waals surface area contributed by atoms with Crippen molar-refractivity contribution in [1.82, 2.24) is 0 Å². The van der Waals surface area contributed by atoms with E-state index in [1.54, 1.807) is 25.2 Å². The molecule has 4 heteroatoms. The molecule has 2 aromatic carbocycles. The molecule has 26 heavy (non-hydrogen) atoms. The molecule has 0 aromatic heterocycles. The average molecular weight is 350 g/mol. The molecule has 0 aliphatic heterocycles. The van der Waals surface area contributed by atoms with E-state index in [0.29, 0.717) is 5.57 Å². The Morgan fingerprint density at radius 3 is 2.19 bits per heavy atom. The molecule has 4 nitrogen and oxygen atoms in total. The van der Waals surface area contributed by atoms with Crippen molar-refractivity contribution in [3.8, 4) is 0 Å². The van der Waals surface area contributed by atoms with Gasteiger partial charge in [0.15, 0.2) is 0 Å². The fourth-order valence-corrected chi connectivity index (χ4v) is 2.83. The van der Waals surface area contributed by atoms with Gasteiger partial charge in [-0.15, -0.1) is 0 Å². The molecule has 1 aliphatic carbocycles. The van der Waals surface area contributed by atoms with Crippen molar-refractivity contribution in [3.63, 3.8) is 0 Å². The predicted octanol–water partition coefficient (Wildman–Crippen LogP) is 3.77. The summed E-state index contributed by atoms with van der Waals surface area (Å²) in [5.74, 6) is -3.16. The number of rotatable bonds is 6. The van der Waals surface area contributed by atoms with Crippen molar-refractivity contribution in [1.29, 1.82) is 0 Å². The van der Waals surface area contributed by atoms with Gasteiger partial charge in [0.1, 0.15) is 12.5 Å². The minimum Gasteiger partial charge on any atom is -0.460 e. The van der Waals surface area contributed by atoms with E-state index >= 15 is 0 Å². The van der Waals surface area contributed by atoms with Crippen molar-refractivity contribution in [2.24, 2.45) is 5.92 Å². The first kappa shape index (κ1) is 18.1. The Kier molecular flexibility index (Phi) is 5.66. The third kappa shape index (κ3) is 4.10. The second kappa shape index (κ2) is 8.13. The van der Waals surface area contributed by atoms with Crippen molar-refractivity contribution in [2.45, 2.75) is 25.9 Å². The third-order valence-corrected chi connectivity index (χ3v) is 4.42. The largest absolute Gasteiger partial charge is 0.460 e. The first-order chi connectivity index (χ1) is 12.6. The Balaban J connectivity index is 1.70. The zero-order valence-corrected chi connectivity index (χ0v) is 14.7. The van der Waals surface area contributed by atoms with E-state index in [9.17, 15) is 9.90 Å². The molecular weight excluding hydrogens is 328 g/mol. The quantitative estimate of drug-likeness (QED) is 0.636. The van der Waals surface area contributed by atoms with E-state index in [1.165, 1.54) is 0 Å². The van der Waals surface area contributed by atoms with Gasteiger partial charge in [0.25, 0.3) is 0 Å². The second-order valence-corrected chi connectivity index (χ2v) is 6.28. The number of hydrogen-bond donors (Lipinski definition) is 1. The number of hydrogen-bond acceptors (Lipinski definition) is 4. The van der Waals surface area contributed by atoms with E-state index in [-0.39, 0.29) is 13.2 Å². The summed E-state index contributed by atoms with van der Waals surface area (Å²) in [5.41, 5.74) is 2.37. The molecule has 0 radical (unpaired) electrons. The summed E-state index contributed by atoms with van der Waals surface area (Å²) in [5, 5.41) is 11.1. The van der Waals surface area contributed by atoms with Crippen LogP contribution in [0, 0.1) is 5.92 Å². The van der Waals surface area contributed by atoms with Crippen LogP contribution in [0.15, 0.2) is 84.5 Å². The van der Waals surface area contributed by atoms with Gasteiger partial charge >= 0.3 is 5.97 Å². The standard InChI is InChI=1S/C22H22O4/c1-17-9-8-14-20(21(23)25-15-18-10-4-2-5-11-18)22(17,24)26-16-19-12-6-3-7-13-19/h2-14,20,24H,15-16H2,1H3. The van der Waals surface area contributed by atoms with Crippen molar-refractivity contribution < 1.29 is 19.4 Å². The van der Waals surface area contributed by atoms with Crippen LogP contribution in [-0.2, 0) is 27.5 Å². The molecule has 2 aromatic rings. The molecule has 134 valence electrons. The molecule has 3 rings (SSSR count). The van der Waals surface area contributed by atoms with Crippen LogP contribution in [0.5, 0.6) is 0 Å². The molecule has 0 bridgehead atoms. The maximum Gasteiger partial charge on any atom is 0.319 e. The average Bonchev–Trinajstić information content (AvgIpc) is 2.68. The highest BCUT2D eigenvalue weighted by atomic mass is 16.6. The van der Waals surface area contributed by atoms with E-state index in [0.717, 1.165) is 11.1 Å². The zero-order chi connectivity index (χ0) is 18.4. The Morgan fingerprint density at radius 2 is 1.58 bits per heavy atom. The highest BCUT2D eigenvalue weighted by Gasteiger charge is 2.45. The molecule has 0 heterocycles. The minimum atomic E-state index is -1.72.